The minimum atomic E-state index is -0.252. The van der Waals surface area contributed by atoms with Crippen molar-refractivity contribution in [3.63, 3.8) is 0 Å². The molecule has 5 aromatic rings. The van der Waals surface area contributed by atoms with Crippen LogP contribution >= 0.6 is 12.2 Å². The molecule has 33 heavy (non-hydrogen) atoms. The molecular weight excluding hydrogens is 434 g/mol. The molecule has 2 N–H and O–H groups in total. The highest BCUT2D eigenvalue weighted by Crippen LogP contribution is 2.25. The lowest BCUT2D eigenvalue weighted by atomic mass is 10.2. The number of aryl methyl sites for hydroxylation is 1. The highest BCUT2D eigenvalue weighted by atomic mass is 32.1. The molecule has 0 bridgehead atoms. The van der Waals surface area contributed by atoms with E-state index in [-0.39, 0.29) is 11.2 Å². The minimum Gasteiger partial charge on any atom is -0.293 e. The van der Waals surface area contributed by atoms with E-state index >= 15 is 0 Å². The van der Waals surface area contributed by atoms with E-state index in [1.807, 2.05) is 89.5 Å². The summed E-state index contributed by atoms with van der Waals surface area (Å²) >= 11 is 5.41. The fourth-order valence-corrected chi connectivity index (χ4v) is 3.74. The van der Waals surface area contributed by atoms with E-state index in [4.69, 9.17) is 12.2 Å². The van der Waals surface area contributed by atoms with Gasteiger partial charge in [0.1, 0.15) is 0 Å². The Morgan fingerprint density at radius 3 is 2.15 bits per heavy atom. The summed E-state index contributed by atoms with van der Waals surface area (Å²) in [4.78, 5) is 12.8. The van der Waals surface area contributed by atoms with E-state index in [9.17, 15) is 4.79 Å². The molecule has 0 atom stereocenters. The molecule has 162 valence electrons. The molecule has 5 rings (SSSR count). The number of para-hydroxylation sites is 2. The van der Waals surface area contributed by atoms with Gasteiger partial charge in [-0.05, 0) is 67.7 Å². The zero-order valence-corrected chi connectivity index (χ0v) is 18.5. The first-order chi connectivity index (χ1) is 16.1. The molecule has 0 saturated heterocycles. The Morgan fingerprint density at radius 2 is 1.48 bits per heavy atom. The van der Waals surface area contributed by atoms with Gasteiger partial charge in [-0.2, -0.15) is 10.2 Å². The smallest absolute Gasteiger partial charge is 0.293 e. The third-order valence-electron chi connectivity index (χ3n) is 5.13. The Morgan fingerprint density at radius 1 is 0.848 bits per heavy atom. The number of nitrogens with one attached hydrogen (secondary N) is 2. The SMILES string of the molecule is Cc1[nH]n(-c2ccccc2)c(=O)c1N=Nc1ccc(-c2n[nH]c(=S)n2-c2ccccc2)cc1. The van der Waals surface area contributed by atoms with Crippen LogP contribution in [0.4, 0.5) is 11.4 Å². The summed E-state index contributed by atoms with van der Waals surface area (Å²) in [7, 11) is 0. The summed E-state index contributed by atoms with van der Waals surface area (Å²) in [6.07, 6.45) is 0. The fourth-order valence-electron chi connectivity index (χ4n) is 3.51. The molecule has 0 fully saturated rings. The highest BCUT2D eigenvalue weighted by molar-refractivity contribution is 7.71. The van der Waals surface area contributed by atoms with Crippen molar-refractivity contribution in [1.29, 1.82) is 0 Å². The van der Waals surface area contributed by atoms with Crippen LogP contribution in [0.5, 0.6) is 0 Å². The van der Waals surface area contributed by atoms with Crippen LogP contribution in [0.25, 0.3) is 22.8 Å². The summed E-state index contributed by atoms with van der Waals surface area (Å²) < 4.78 is 3.85. The van der Waals surface area contributed by atoms with E-state index in [0.29, 0.717) is 22.0 Å². The first-order valence-corrected chi connectivity index (χ1v) is 10.6. The highest BCUT2D eigenvalue weighted by Gasteiger charge is 2.13. The van der Waals surface area contributed by atoms with Crippen molar-refractivity contribution < 1.29 is 0 Å². The monoisotopic (exact) mass is 453 g/mol. The van der Waals surface area contributed by atoms with Crippen molar-refractivity contribution in [2.24, 2.45) is 10.2 Å². The van der Waals surface area contributed by atoms with Gasteiger partial charge in [0.25, 0.3) is 5.56 Å². The van der Waals surface area contributed by atoms with Crippen molar-refractivity contribution in [1.82, 2.24) is 24.5 Å². The number of rotatable bonds is 5. The molecule has 0 aliphatic rings. The third-order valence-corrected chi connectivity index (χ3v) is 5.41. The first kappa shape index (κ1) is 20.5. The molecule has 0 radical (unpaired) electrons. The van der Waals surface area contributed by atoms with E-state index in [1.54, 1.807) is 6.92 Å². The number of azo groups is 1. The van der Waals surface area contributed by atoms with Gasteiger partial charge in [0, 0.05) is 11.3 Å². The Hall–Kier alpha value is -4.37. The van der Waals surface area contributed by atoms with Gasteiger partial charge >= 0.3 is 0 Å². The van der Waals surface area contributed by atoms with E-state index in [1.165, 1.54) is 4.68 Å². The van der Waals surface area contributed by atoms with E-state index < -0.39 is 0 Å². The first-order valence-electron chi connectivity index (χ1n) is 10.2. The van der Waals surface area contributed by atoms with Gasteiger partial charge in [0.05, 0.1) is 17.1 Å². The average molecular weight is 454 g/mol. The van der Waals surface area contributed by atoms with Crippen LogP contribution < -0.4 is 5.56 Å². The summed E-state index contributed by atoms with van der Waals surface area (Å²) in [5.74, 6) is 0.696. The number of aromatic amines is 2. The standard InChI is InChI=1S/C24H19N7OS/c1-16-21(23(32)31(29-16)20-10-6-3-7-11-20)26-25-18-14-12-17(13-15-18)22-27-28-24(33)30(22)19-8-4-2-5-9-19/h2-15,29H,1H3,(H,28,33). The third kappa shape index (κ3) is 3.97. The maximum atomic E-state index is 12.8. The van der Waals surface area contributed by atoms with Gasteiger partial charge < -0.3 is 0 Å². The van der Waals surface area contributed by atoms with Crippen molar-refractivity contribution in [3.05, 3.63) is 106 Å². The van der Waals surface area contributed by atoms with Gasteiger partial charge in [-0.25, -0.2) is 4.68 Å². The molecule has 9 heteroatoms. The van der Waals surface area contributed by atoms with Crippen LogP contribution in [-0.2, 0) is 0 Å². The lowest BCUT2D eigenvalue weighted by Gasteiger charge is -2.06. The predicted molar refractivity (Wildman–Crippen MR) is 129 cm³/mol. The predicted octanol–water partition coefficient (Wildman–Crippen LogP) is 5.80. The molecule has 2 heterocycles. The molecule has 0 unspecified atom stereocenters. The normalized spacial score (nSPS) is 11.3. The second-order valence-electron chi connectivity index (χ2n) is 7.33. The number of hydrogen-bond donors (Lipinski definition) is 2. The van der Waals surface area contributed by atoms with Gasteiger partial charge in [-0.3, -0.25) is 19.6 Å². The second-order valence-corrected chi connectivity index (χ2v) is 7.72. The topological polar surface area (TPSA) is 96.1 Å². The largest absolute Gasteiger partial charge is 0.299 e. The van der Waals surface area contributed by atoms with Crippen molar-refractivity contribution in [2.75, 3.05) is 0 Å². The molecule has 0 amide bonds. The van der Waals surface area contributed by atoms with Crippen molar-refractivity contribution >= 4 is 23.6 Å². The number of hydrogen-bond acceptors (Lipinski definition) is 5. The fraction of sp³-hybridized carbons (Fsp3) is 0.0417. The number of H-pyrrole nitrogens is 2. The molecule has 8 nitrogen and oxygen atoms in total. The molecule has 0 saturated carbocycles. The zero-order valence-electron chi connectivity index (χ0n) is 17.6. The maximum absolute atomic E-state index is 12.8. The van der Waals surface area contributed by atoms with Gasteiger partial charge in [-0.15, -0.1) is 5.11 Å². The number of benzene rings is 3. The van der Waals surface area contributed by atoms with Gasteiger partial charge in [0.2, 0.25) is 0 Å². The minimum absolute atomic E-state index is 0.252. The second kappa shape index (κ2) is 8.64. The van der Waals surface area contributed by atoms with Crippen molar-refractivity contribution in [2.45, 2.75) is 6.92 Å². The summed E-state index contributed by atoms with van der Waals surface area (Å²) in [5.41, 5.74) is 3.81. The number of nitrogens with zero attached hydrogens (tertiary/aromatic N) is 5. The Balaban J connectivity index is 1.43. The van der Waals surface area contributed by atoms with Gasteiger partial charge in [-0.1, -0.05) is 36.4 Å². The molecule has 0 aliphatic heterocycles. The van der Waals surface area contributed by atoms with Gasteiger partial charge in [0.15, 0.2) is 16.3 Å². The van der Waals surface area contributed by atoms with Crippen LogP contribution in [0.3, 0.4) is 0 Å². The summed E-state index contributed by atoms with van der Waals surface area (Å²) in [6.45, 7) is 1.80. The zero-order chi connectivity index (χ0) is 22.8. The Bertz CT molecular complexity index is 1540. The molecule has 3 aromatic carbocycles. The Labute approximate surface area is 193 Å². The van der Waals surface area contributed by atoms with Crippen LogP contribution in [0.15, 0.2) is 100.0 Å². The Kier molecular flexibility index (Phi) is 5.37. The molecule has 0 spiro atoms. The van der Waals surface area contributed by atoms with Crippen LogP contribution in [0.2, 0.25) is 0 Å². The van der Waals surface area contributed by atoms with E-state index in [0.717, 1.165) is 16.9 Å². The lowest BCUT2D eigenvalue weighted by Crippen LogP contribution is -2.13. The van der Waals surface area contributed by atoms with Crippen LogP contribution in [0, 0.1) is 11.7 Å². The van der Waals surface area contributed by atoms with Crippen molar-refractivity contribution in [3.8, 4) is 22.8 Å². The summed E-state index contributed by atoms with van der Waals surface area (Å²) in [5, 5.41) is 18.8. The quantitative estimate of drug-likeness (QED) is 0.260. The molecule has 0 aliphatic carbocycles. The maximum Gasteiger partial charge on any atom is 0.299 e. The lowest BCUT2D eigenvalue weighted by molar-refractivity contribution is 0.835. The number of aromatic nitrogens is 5. The van der Waals surface area contributed by atoms with Crippen LogP contribution in [-0.4, -0.2) is 24.5 Å². The molecular formula is C24H19N7OS. The summed E-state index contributed by atoms with van der Waals surface area (Å²) in [6, 6.07) is 26.6. The van der Waals surface area contributed by atoms with E-state index in [2.05, 4.69) is 25.5 Å². The molecule has 2 aromatic heterocycles. The van der Waals surface area contributed by atoms with Crippen LogP contribution in [0.1, 0.15) is 5.69 Å². The average Bonchev–Trinajstić information content (AvgIpc) is 3.38.